The molecule has 0 spiro atoms. The van der Waals surface area contributed by atoms with E-state index < -0.39 is 40.9 Å². The third-order valence-corrected chi connectivity index (χ3v) is 9.78. The molecule has 1 saturated carbocycles. The highest BCUT2D eigenvalue weighted by molar-refractivity contribution is 7.22. The maximum atomic E-state index is 15.3. The normalized spacial score (nSPS) is 13.7. The average molecular weight is 723 g/mol. The van der Waals surface area contributed by atoms with Gasteiger partial charge >= 0.3 is 5.97 Å². The Bertz CT molecular complexity index is 2260. The Balaban J connectivity index is 0.959. The van der Waals surface area contributed by atoms with Gasteiger partial charge in [-0.15, -0.1) is 11.3 Å². The van der Waals surface area contributed by atoms with Crippen LogP contribution in [0.2, 0.25) is 0 Å². The molecule has 0 radical (unpaired) electrons. The van der Waals surface area contributed by atoms with Crippen LogP contribution >= 0.6 is 11.3 Å². The zero-order chi connectivity index (χ0) is 36.2. The van der Waals surface area contributed by atoms with Crippen molar-refractivity contribution < 1.29 is 32.6 Å². The second-order valence-electron chi connectivity index (χ2n) is 12.3. The van der Waals surface area contributed by atoms with Crippen molar-refractivity contribution in [3.63, 3.8) is 0 Å². The number of carbonyl (C=O) groups is 3. The molecule has 3 aromatic carbocycles. The van der Waals surface area contributed by atoms with Gasteiger partial charge in [0, 0.05) is 46.3 Å². The van der Waals surface area contributed by atoms with Crippen molar-refractivity contribution in [2.75, 3.05) is 17.2 Å². The number of thiophene rings is 1. The molecule has 264 valence electrons. The van der Waals surface area contributed by atoms with Crippen LogP contribution in [0.15, 0.2) is 104 Å². The Hall–Kier alpha value is -5.99. The second-order valence-corrected chi connectivity index (χ2v) is 13.4. The number of anilines is 2. The fraction of sp³-hybridized carbons (Fsp3) is 0.184. The first kappa shape index (κ1) is 34.5. The van der Waals surface area contributed by atoms with Crippen LogP contribution < -0.4 is 21.1 Å². The van der Waals surface area contributed by atoms with Gasteiger partial charge in [-0.25, -0.2) is 8.78 Å². The van der Waals surface area contributed by atoms with Crippen LogP contribution in [0.4, 0.5) is 20.2 Å². The van der Waals surface area contributed by atoms with E-state index >= 15 is 4.39 Å². The van der Waals surface area contributed by atoms with E-state index in [1.807, 2.05) is 42.6 Å². The summed E-state index contributed by atoms with van der Waals surface area (Å²) in [6.45, 7) is 0.442. The number of benzene rings is 3. The van der Waals surface area contributed by atoms with Gasteiger partial charge in [0.25, 0.3) is 0 Å². The Morgan fingerprint density at radius 3 is 2.38 bits per heavy atom. The van der Waals surface area contributed by atoms with Crippen molar-refractivity contribution in [3.8, 4) is 21.9 Å². The Morgan fingerprint density at radius 2 is 1.65 bits per heavy atom. The highest BCUT2D eigenvalue weighted by Crippen LogP contribution is 2.48. The molecule has 1 unspecified atom stereocenters. The van der Waals surface area contributed by atoms with Crippen molar-refractivity contribution >= 4 is 50.7 Å². The van der Waals surface area contributed by atoms with Gasteiger partial charge in [-0.2, -0.15) is 5.10 Å². The summed E-state index contributed by atoms with van der Waals surface area (Å²) in [6.07, 6.45) is 6.13. The largest absolute Gasteiger partial charge is 0.463 e. The number of pyridine rings is 1. The van der Waals surface area contributed by atoms with Crippen LogP contribution in [0.5, 0.6) is 11.5 Å². The molecule has 1 aliphatic rings. The molecular weight excluding hydrogens is 691 g/mol. The fourth-order valence-corrected chi connectivity index (χ4v) is 6.59. The van der Waals surface area contributed by atoms with Crippen LogP contribution in [0, 0.1) is 17.0 Å². The predicted molar refractivity (Wildman–Crippen MR) is 192 cm³/mol. The lowest BCUT2D eigenvalue weighted by Crippen LogP contribution is -2.35. The number of hydrogen-bond acceptors (Lipinski definition) is 9. The summed E-state index contributed by atoms with van der Waals surface area (Å²) in [5.41, 5.74) is 7.67. The molecule has 1 atom stereocenters. The molecule has 1 fully saturated rings. The first-order valence-electron chi connectivity index (χ1n) is 16.4. The zero-order valence-corrected chi connectivity index (χ0v) is 28.4. The lowest BCUT2D eigenvalue weighted by Gasteiger charge is -2.16. The summed E-state index contributed by atoms with van der Waals surface area (Å²) in [6, 6.07) is 21.5. The summed E-state index contributed by atoms with van der Waals surface area (Å²) in [5.74, 6) is -2.40. The van der Waals surface area contributed by atoms with Crippen LogP contribution in [-0.4, -0.2) is 45.2 Å². The summed E-state index contributed by atoms with van der Waals surface area (Å²) in [4.78, 5) is 43.6. The molecule has 52 heavy (non-hydrogen) atoms. The first-order chi connectivity index (χ1) is 25.2. The quantitative estimate of drug-likeness (QED) is 0.0881. The predicted octanol–water partition coefficient (Wildman–Crippen LogP) is 6.70. The monoisotopic (exact) mass is 722 g/mol. The Morgan fingerprint density at radius 1 is 0.923 bits per heavy atom. The lowest BCUT2D eigenvalue weighted by molar-refractivity contribution is -0.145. The number of nitrogens with two attached hydrogens (primary N) is 1. The molecule has 0 saturated heterocycles. The van der Waals surface area contributed by atoms with Crippen molar-refractivity contribution in [3.05, 3.63) is 121 Å². The number of halogens is 2. The van der Waals surface area contributed by atoms with Crippen molar-refractivity contribution in [2.24, 2.45) is 11.1 Å². The van der Waals surface area contributed by atoms with E-state index in [4.69, 9.17) is 15.2 Å². The molecule has 0 bridgehead atoms. The van der Waals surface area contributed by atoms with Gasteiger partial charge in [0.15, 0.2) is 11.6 Å². The standard InChI is InChI=1S/C38H32F2N6O5S/c39-25-6-8-26(9-7-25)44-36(48)38(13-14-38)37(49)45-27-10-11-31(28(40)19-27)51-32-12-15-42-30-20-33(52-34(30)32)24-21-43-46(22-24)16-17-50-35(47)29(41)18-23-4-2-1-3-5-23/h1-12,15,19-22,29H,13-14,16-18,41H2,(H,44,48)(H,45,49). The number of nitrogens with one attached hydrogen (secondary N) is 2. The van der Waals surface area contributed by atoms with Crippen molar-refractivity contribution in [1.82, 2.24) is 14.8 Å². The molecule has 1 aliphatic carbocycles. The van der Waals surface area contributed by atoms with Crippen molar-refractivity contribution in [1.29, 1.82) is 0 Å². The minimum absolute atomic E-state index is 0.0681. The molecule has 11 nitrogen and oxygen atoms in total. The third-order valence-electron chi connectivity index (χ3n) is 8.59. The van der Waals surface area contributed by atoms with E-state index in [1.54, 1.807) is 23.1 Å². The number of ether oxygens (including phenoxy) is 2. The van der Waals surface area contributed by atoms with Gasteiger partial charge in [0.1, 0.15) is 29.6 Å². The van der Waals surface area contributed by atoms with E-state index in [0.717, 1.165) is 22.1 Å². The van der Waals surface area contributed by atoms with E-state index in [0.29, 0.717) is 47.5 Å². The number of fused-ring (bicyclic) bond motifs is 1. The zero-order valence-electron chi connectivity index (χ0n) is 27.6. The van der Waals surface area contributed by atoms with E-state index in [9.17, 15) is 18.8 Å². The van der Waals surface area contributed by atoms with Gasteiger partial charge in [0.05, 0.1) is 23.0 Å². The summed E-state index contributed by atoms with van der Waals surface area (Å²) in [7, 11) is 0. The minimum atomic E-state index is -1.29. The smallest absolute Gasteiger partial charge is 0.323 e. The van der Waals surface area contributed by atoms with Crippen LogP contribution in [0.1, 0.15) is 18.4 Å². The van der Waals surface area contributed by atoms with Gasteiger partial charge in [-0.1, -0.05) is 30.3 Å². The maximum Gasteiger partial charge on any atom is 0.323 e. The van der Waals surface area contributed by atoms with Gasteiger partial charge < -0.3 is 25.8 Å². The lowest BCUT2D eigenvalue weighted by atomic mass is 10.0. The number of rotatable bonds is 13. The number of amides is 2. The first-order valence-corrected chi connectivity index (χ1v) is 17.2. The number of esters is 1. The third kappa shape index (κ3) is 7.67. The SMILES string of the molecule is NC(Cc1ccccc1)C(=O)OCCn1cc(-c2cc3nccc(Oc4ccc(NC(=O)C5(C(=O)Nc6ccc(F)cc6)CC5)cc4F)c3s2)cn1. The van der Waals surface area contributed by atoms with Crippen LogP contribution in [0.3, 0.4) is 0 Å². The molecule has 3 heterocycles. The fourth-order valence-electron chi connectivity index (χ4n) is 5.55. The Kier molecular flexibility index (Phi) is 9.74. The number of carbonyl (C=O) groups excluding carboxylic acids is 3. The average Bonchev–Trinajstić information content (AvgIpc) is 3.63. The number of aromatic nitrogens is 3. The van der Waals surface area contributed by atoms with Crippen LogP contribution in [-0.2, 0) is 32.1 Å². The molecule has 7 rings (SSSR count). The van der Waals surface area contributed by atoms with E-state index in [2.05, 4.69) is 20.7 Å². The van der Waals surface area contributed by atoms with E-state index in [-0.39, 0.29) is 18.0 Å². The van der Waals surface area contributed by atoms with Gasteiger partial charge in [-0.05, 0) is 67.3 Å². The van der Waals surface area contributed by atoms with Gasteiger partial charge in [0.2, 0.25) is 11.8 Å². The molecule has 3 aromatic heterocycles. The number of nitrogens with zero attached hydrogens (tertiary/aromatic N) is 3. The van der Waals surface area contributed by atoms with E-state index in [1.165, 1.54) is 47.7 Å². The molecular formula is C38H32F2N6O5S. The minimum Gasteiger partial charge on any atom is -0.463 e. The van der Waals surface area contributed by atoms with Gasteiger partial charge in [-0.3, -0.25) is 24.0 Å². The Labute approximate surface area is 300 Å². The molecule has 4 N–H and O–H groups in total. The van der Waals surface area contributed by atoms with Crippen LogP contribution in [0.25, 0.3) is 20.7 Å². The molecule has 14 heteroatoms. The second kappa shape index (κ2) is 14.7. The number of hydrogen-bond donors (Lipinski definition) is 3. The summed E-state index contributed by atoms with van der Waals surface area (Å²) < 4.78 is 42.2. The van der Waals surface area contributed by atoms with Crippen molar-refractivity contribution in [2.45, 2.75) is 31.8 Å². The molecule has 0 aliphatic heterocycles. The maximum absolute atomic E-state index is 15.3. The highest BCUT2D eigenvalue weighted by atomic mass is 32.1. The molecule has 6 aromatic rings. The summed E-state index contributed by atoms with van der Waals surface area (Å²) >= 11 is 1.40. The highest BCUT2D eigenvalue weighted by Gasteiger charge is 2.56. The molecule has 2 amide bonds. The topological polar surface area (TPSA) is 150 Å². The summed E-state index contributed by atoms with van der Waals surface area (Å²) in [5, 5.41) is 9.67.